The summed E-state index contributed by atoms with van der Waals surface area (Å²) >= 11 is 0. The lowest BCUT2D eigenvalue weighted by Crippen LogP contribution is -2.28. The van der Waals surface area contributed by atoms with Gasteiger partial charge in [0.25, 0.3) is 0 Å². The molecule has 0 amide bonds. The largest absolute Gasteiger partial charge is 0.508 e. The maximum atomic E-state index is 9.33. The first kappa shape index (κ1) is 13.4. The molecular formula is C16H25NO. The first-order valence-electron chi connectivity index (χ1n) is 7.23. The van der Waals surface area contributed by atoms with Crippen molar-refractivity contribution in [1.82, 2.24) is 5.32 Å². The second-order valence-electron chi connectivity index (χ2n) is 5.63. The van der Waals surface area contributed by atoms with Gasteiger partial charge in [0, 0.05) is 6.04 Å². The molecule has 100 valence electrons. The topological polar surface area (TPSA) is 32.3 Å². The van der Waals surface area contributed by atoms with Gasteiger partial charge in [-0.2, -0.15) is 0 Å². The van der Waals surface area contributed by atoms with Gasteiger partial charge in [0.05, 0.1) is 0 Å². The summed E-state index contributed by atoms with van der Waals surface area (Å²) in [5, 5.41) is 13.0. The molecule has 0 aliphatic heterocycles. The van der Waals surface area contributed by atoms with Gasteiger partial charge in [-0.3, -0.25) is 0 Å². The van der Waals surface area contributed by atoms with E-state index in [1.54, 1.807) is 12.1 Å². The molecule has 2 heteroatoms. The zero-order chi connectivity index (χ0) is 13.0. The molecule has 3 atom stereocenters. The number of benzene rings is 1. The van der Waals surface area contributed by atoms with Crippen molar-refractivity contribution in [3.63, 3.8) is 0 Å². The summed E-state index contributed by atoms with van der Waals surface area (Å²) in [7, 11) is 0. The van der Waals surface area contributed by atoms with Crippen LogP contribution >= 0.6 is 0 Å². The minimum absolute atomic E-state index is 0.345. The van der Waals surface area contributed by atoms with Crippen LogP contribution in [0.2, 0.25) is 0 Å². The number of phenols is 1. The fourth-order valence-corrected chi connectivity index (χ4v) is 3.02. The smallest absolute Gasteiger partial charge is 0.115 e. The van der Waals surface area contributed by atoms with Crippen molar-refractivity contribution < 1.29 is 5.11 Å². The lowest BCUT2D eigenvalue weighted by molar-refractivity contribution is 0.365. The van der Waals surface area contributed by atoms with Crippen LogP contribution in [-0.2, 0) is 0 Å². The standard InChI is InChI=1S/C16H25NO/c1-3-16(13-7-9-15(18)10-8-13)17-11-14-6-4-5-12(14)2/h7-10,12,14,16-18H,3-6,11H2,1-2H3. The minimum Gasteiger partial charge on any atom is -0.508 e. The third kappa shape index (κ3) is 3.26. The first-order chi connectivity index (χ1) is 8.70. The van der Waals surface area contributed by atoms with E-state index in [9.17, 15) is 5.11 Å². The molecule has 0 bridgehead atoms. The first-order valence-corrected chi connectivity index (χ1v) is 7.23. The van der Waals surface area contributed by atoms with Crippen LogP contribution in [-0.4, -0.2) is 11.7 Å². The Morgan fingerprint density at radius 3 is 2.56 bits per heavy atom. The van der Waals surface area contributed by atoms with Crippen LogP contribution in [0.3, 0.4) is 0 Å². The average Bonchev–Trinajstić information content (AvgIpc) is 2.78. The van der Waals surface area contributed by atoms with Gasteiger partial charge in [0.15, 0.2) is 0 Å². The fourth-order valence-electron chi connectivity index (χ4n) is 3.02. The highest BCUT2D eigenvalue weighted by atomic mass is 16.3. The molecule has 2 N–H and O–H groups in total. The number of rotatable bonds is 5. The summed E-state index contributed by atoms with van der Waals surface area (Å²) in [5.74, 6) is 2.06. The number of aromatic hydroxyl groups is 1. The third-order valence-corrected chi connectivity index (χ3v) is 4.37. The highest BCUT2D eigenvalue weighted by molar-refractivity contribution is 5.27. The van der Waals surface area contributed by atoms with E-state index in [1.165, 1.54) is 24.8 Å². The summed E-state index contributed by atoms with van der Waals surface area (Å²) in [5.41, 5.74) is 1.28. The van der Waals surface area contributed by atoms with Gasteiger partial charge in [0.1, 0.15) is 5.75 Å². The van der Waals surface area contributed by atoms with E-state index in [-0.39, 0.29) is 0 Å². The quantitative estimate of drug-likeness (QED) is 0.828. The maximum Gasteiger partial charge on any atom is 0.115 e. The van der Waals surface area contributed by atoms with E-state index in [2.05, 4.69) is 19.2 Å². The van der Waals surface area contributed by atoms with Crippen LogP contribution in [0.15, 0.2) is 24.3 Å². The van der Waals surface area contributed by atoms with Crippen molar-refractivity contribution in [1.29, 1.82) is 0 Å². The van der Waals surface area contributed by atoms with Gasteiger partial charge in [-0.05, 0) is 48.9 Å². The molecule has 2 nitrogen and oxygen atoms in total. The van der Waals surface area contributed by atoms with E-state index < -0.39 is 0 Å². The minimum atomic E-state index is 0.345. The molecule has 0 heterocycles. The van der Waals surface area contributed by atoms with Crippen LogP contribution in [0.1, 0.15) is 51.1 Å². The van der Waals surface area contributed by atoms with Crippen LogP contribution in [0.25, 0.3) is 0 Å². The fraction of sp³-hybridized carbons (Fsp3) is 0.625. The van der Waals surface area contributed by atoms with Crippen LogP contribution < -0.4 is 5.32 Å². The molecule has 1 aliphatic carbocycles. The molecule has 1 aliphatic rings. The molecule has 1 aromatic carbocycles. The summed E-state index contributed by atoms with van der Waals surface area (Å²) < 4.78 is 0. The highest BCUT2D eigenvalue weighted by Crippen LogP contribution is 2.31. The van der Waals surface area contributed by atoms with E-state index in [0.717, 1.165) is 24.8 Å². The van der Waals surface area contributed by atoms with Gasteiger partial charge in [-0.1, -0.05) is 38.8 Å². The van der Waals surface area contributed by atoms with Crippen LogP contribution in [0.5, 0.6) is 5.75 Å². The van der Waals surface area contributed by atoms with Gasteiger partial charge in [-0.15, -0.1) is 0 Å². The Balaban J connectivity index is 1.91. The number of hydrogen-bond donors (Lipinski definition) is 2. The molecule has 1 saturated carbocycles. The zero-order valence-corrected chi connectivity index (χ0v) is 11.5. The summed E-state index contributed by atoms with van der Waals surface area (Å²) in [6, 6.07) is 8.01. The Hall–Kier alpha value is -1.02. The molecule has 3 unspecified atom stereocenters. The molecule has 1 fully saturated rings. The predicted molar refractivity (Wildman–Crippen MR) is 75.6 cm³/mol. The summed E-state index contributed by atoms with van der Waals surface area (Å²) in [4.78, 5) is 0. The van der Waals surface area contributed by atoms with Crippen molar-refractivity contribution in [2.24, 2.45) is 11.8 Å². The monoisotopic (exact) mass is 247 g/mol. The molecule has 0 saturated heterocycles. The van der Waals surface area contributed by atoms with Crippen molar-refractivity contribution in [3.8, 4) is 5.75 Å². The second kappa shape index (κ2) is 6.24. The van der Waals surface area contributed by atoms with Gasteiger partial charge in [0.2, 0.25) is 0 Å². The van der Waals surface area contributed by atoms with Crippen LogP contribution in [0.4, 0.5) is 0 Å². The van der Waals surface area contributed by atoms with Gasteiger partial charge < -0.3 is 10.4 Å². The Bertz CT molecular complexity index is 360. The molecule has 2 rings (SSSR count). The Morgan fingerprint density at radius 2 is 2.00 bits per heavy atom. The normalized spacial score (nSPS) is 25.2. The molecular weight excluding hydrogens is 222 g/mol. The number of phenolic OH excluding ortho intramolecular Hbond substituents is 1. The van der Waals surface area contributed by atoms with Gasteiger partial charge >= 0.3 is 0 Å². The maximum absolute atomic E-state index is 9.33. The Morgan fingerprint density at radius 1 is 1.28 bits per heavy atom. The number of hydrogen-bond acceptors (Lipinski definition) is 2. The predicted octanol–water partition coefficient (Wildman–Crippen LogP) is 3.87. The second-order valence-corrected chi connectivity index (χ2v) is 5.63. The van der Waals surface area contributed by atoms with Crippen molar-refractivity contribution in [2.75, 3.05) is 6.54 Å². The molecule has 1 aromatic rings. The highest BCUT2D eigenvalue weighted by Gasteiger charge is 2.23. The van der Waals surface area contributed by atoms with Crippen molar-refractivity contribution in [2.45, 2.75) is 45.6 Å². The lowest BCUT2D eigenvalue weighted by Gasteiger charge is -2.22. The summed E-state index contributed by atoms with van der Waals surface area (Å²) in [6.07, 6.45) is 5.25. The van der Waals surface area contributed by atoms with Gasteiger partial charge in [-0.25, -0.2) is 0 Å². The zero-order valence-electron chi connectivity index (χ0n) is 11.5. The Kier molecular flexibility index (Phi) is 4.65. The van der Waals surface area contributed by atoms with E-state index >= 15 is 0 Å². The SMILES string of the molecule is CCC(NCC1CCCC1C)c1ccc(O)cc1. The summed E-state index contributed by atoms with van der Waals surface area (Å²) in [6.45, 7) is 5.71. The Labute approximate surface area is 110 Å². The molecule has 0 spiro atoms. The third-order valence-electron chi connectivity index (χ3n) is 4.37. The lowest BCUT2D eigenvalue weighted by atomic mass is 9.97. The van der Waals surface area contributed by atoms with E-state index in [0.29, 0.717) is 11.8 Å². The van der Waals surface area contributed by atoms with Crippen LogP contribution in [0, 0.1) is 11.8 Å². The van der Waals surface area contributed by atoms with E-state index in [4.69, 9.17) is 0 Å². The molecule has 0 aromatic heterocycles. The average molecular weight is 247 g/mol. The molecule has 18 heavy (non-hydrogen) atoms. The van der Waals surface area contributed by atoms with Crippen molar-refractivity contribution >= 4 is 0 Å². The van der Waals surface area contributed by atoms with Crippen molar-refractivity contribution in [3.05, 3.63) is 29.8 Å². The number of nitrogens with one attached hydrogen (secondary N) is 1. The molecule has 0 radical (unpaired) electrons. The van der Waals surface area contributed by atoms with E-state index in [1.807, 2.05) is 12.1 Å².